The molecule has 2 aromatic heterocycles. The molecule has 2 fully saturated rings. The zero-order valence-corrected chi connectivity index (χ0v) is 25.3. The highest BCUT2D eigenvalue weighted by atomic mass is 19.1. The maximum absolute atomic E-state index is 14.8. The number of rotatable bonds is 6. The molecule has 2 aromatic carbocycles. The first-order valence-electron chi connectivity index (χ1n) is 14.7. The average molecular weight is 591 g/mol. The lowest BCUT2D eigenvalue weighted by Gasteiger charge is -2.21. The number of benzene rings is 2. The van der Waals surface area contributed by atoms with E-state index in [0.717, 1.165) is 5.56 Å². The van der Waals surface area contributed by atoms with Crippen molar-refractivity contribution in [1.29, 1.82) is 0 Å². The fourth-order valence-electron chi connectivity index (χ4n) is 5.13. The molecule has 1 saturated heterocycles. The SMILES string of the molecule is C1CCNC1.CC.Cc1ccc(Nc2c3c(=O)n(C4CC4)c(=O)n(-c4cccc(NC=O)c4)c3c(C)c(=O)n2C)c(F)c1. The van der Waals surface area contributed by atoms with Crippen LogP contribution in [0.4, 0.5) is 21.6 Å². The van der Waals surface area contributed by atoms with Gasteiger partial charge in [-0.3, -0.25) is 28.1 Å². The van der Waals surface area contributed by atoms with E-state index in [0.29, 0.717) is 30.6 Å². The van der Waals surface area contributed by atoms with Crippen molar-refractivity contribution >= 4 is 34.5 Å². The Labute approximate surface area is 249 Å². The second-order valence-electron chi connectivity index (χ2n) is 10.5. The Balaban J connectivity index is 0.000000540. The number of pyridine rings is 1. The molecular weight excluding hydrogens is 551 g/mol. The van der Waals surface area contributed by atoms with E-state index >= 15 is 0 Å². The molecule has 0 bridgehead atoms. The Kier molecular flexibility index (Phi) is 9.97. The third kappa shape index (κ3) is 6.46. The summed E-state index contributed by atoms with van der Waals surface area (Å²) in [5.74, 6) is -0.460. The van der Waals surface area contributed by atoms with Crippen LogP contribution in [0.25, 0.3) is 16.6 Å². The summed E-state index contributed by atoms with van der Waals surface area (Å²) in [5, 5.41) is 8.80. The van der Waals surface area contributed by atoms with Gasteiger partial charge in [-0.1, -0.05) is 26.0 Å². The number of amides is 1. The van der Waals surface area contributed by atoms with Crippen LogP contribution < -0.4 is 32.8 Å². The summed E-state index contributed by atoms with van der Waals surface area (Å²) in [6.07, 6.45) is 4.64. The van der Waals surface area contributed by atoms with Gasteiger partial charge in [0.25, 0.3) is 11.1 Å². The minimum atomic E-state index is -0.581. The molecule has 0 atom stereocenters. The van der Waals surface area contributed by atoms with Crippen molar-refractivity contribution in [2.75, 3.05) is 23.7 Å². The fraction of sp³-hybridized carbons (Fsp3) is 0.375. The van der Waals surface area contributed by atoms with Gasteiger partial charge in [0.1, 0.15) is 17.0 Å². The number of hydrogen-bond acceptors (Lipinski definition) is 6. The molecule has 10 nitrogen and oxygen atoms in total. The number of aryl methyl sites for hydroxylation is 2. The number of nitrogens with zero attached hydrogens (tertiary/aromatic N) is 3. The van der Waals surface area contributed by atoms with E-state index in [4.69, 9.17) is 0 Å². The molecule has 0 spiro atoms. The molecule has 228 valence electrons. The topological polar surface area (TPSA) is 119 Å². The normalized spacial score (nSPS) is 13.9. The minimum absolute atomic E-state index is 0.0821. The number of carbonyl (C=O) groups excluding carboxylic acids is 1. The van der Waals surface area contributed by atoms with Gasteiger partial charge in [-0.15, -0.1) is 0 Å². The van der Waals surface area contributed by atoms with Crippen molar-refractivity contribution in [2.24, 2.45) is 7.05 Å². The first-order chi connectivity index (χ1) is 20.7. The summed E-state index contributed by atoms with van der Waals surface area (Å²) in [5.41, 5.74) is 0.352. The number of anilines is 3. The van der Waals surface area contributed by atoms with E-state index in [2.05, 4.69) is 16.0 Å². The first-order valence-corrected chi connectivity index (χ1v) is 14.7. The van der Waals surface area contributed by atoms with Crippen LogP contribution in [0.15, 0.2) is 56.8 Å². The Bertz CT molecular complexity index is 1810. The molecule has 4 aromatic rings. The highest BCUT2D eigenvalue weighted by molar-refractivity contribution is 5.93. The third-order valence-electron chi connectivity index (χ3n) is 7.42. The van der Waals surface area contributed by atoms with Crippen LogP contribution in [0.1, 0.15) is 56.7 Å². The lowest BCUT2D eigenvalue weighted by Crippen LogP contribution is -2.41. The summed E-state index contributed by atoms with van der Waals surface area (Å²) >= 11 is 0. The van der Waals surface area contributed by atoms with Crippen LogP contribution in [-0.2, 0) is 11.8 Å². The van der Waals surface area contributed by atoms with Crippen LogP contribution in [0.3, 0.4) is 0 Å². The van der Waals surface area contributed by atoms with E-state index < -0.39 is 22.6 Å². The predicted octanol–water partition coefficient (Wildman–Crippen LogP) is 4.65. The van der Waals surface area contributed by atoms with E-state index in [1.54, 1.807) is 44.2 Å². The Morgan fingerprint density at radius 3 is 2.26 bits per heavy atom. The summed E-state index contributed by atoms with van der Waals surface area (Å²) in [6, 6.07) is 10.9. The summed E-state index contributed by atoms with van der Waals surface area (Å²) in [4.78, 5) is 51.8. The van der Waals surface area contributed by atoms with Gasteiger partial charge in [0.2, 0.25) is 6.41 Å². The van der Waals surface area contributed by atoms with Crippen molar-refractivity contribution in [3.05, 3.63) is 90.6 Å². The van der Waals surface area contributed by atoms with Crippen molar-refractivity contribution in [3.8, 4) is 5.69 Å². The first kappa shape index (κ1) is 31.4. The van der Waals surface area contributed by atoms with Gasteiger partial charge in [0, 0.05) is 24.3 Å². The minimum Gasteiger partial charge on any atom is -0.338 e. The maximum atomic E-state index is 14.8. The van der Waals surface area contributed by atoms with Crippen molar-refractivity contribution < 1.29 is 9.18 Å². The molecule has 6 rings (SSSR count). The Morgan fingerprint density at radius 2 is 1.67 bits per heavy atom. The van der Waals surface area contributed by atoms with Crippen LogP contribution >= 0.6 is 0 Å². The molecule has 3 N–H and O–H groups in total. The molecule has 1 amide bonds. The Hall–Kier alpha value is -4.51. The number of aromatic nitrogens is 3. The standard InChI is InChI=1S/C26H24FN5O4.C4H9N.C2H6/c1-14-7-10-20(19(27)11-14)29-23-21-22(15(2)24(34)30(23)3)31(18-6-4-5-16(12-18)28-13-33)26(36)32(25(21)35)17-8-9-17;1-2-4-5-3-1;1-2/h4-7,10-13,17,29H,8-9H2,1-3H3,(H,28,33);5H,1-4H2;1-2H3. The summed E-state index contributed by atoms with van der Waals surface area (Å²) in [6.45, 7) is 9.80. The van der Waals surface area contributed by atoms with Crippen LogP contribution in [0, 0.1) is 19.7 Å². The molecule has 1 aliphatic heterocycles. The van der Waals surface area contributed by atoms with Crippen LogP contribution in [-0.4, -0.2) is 33.2 Å². The lowest BCUT2D eigenvalue weighted by atomic mass is 10.1. The van der Waals surface area contributed by atoms with Crippen molar-refractivity contribution in [2.45, 2.75) is 59.4 Å². The summed E-state index contributed by atoms with van der Waals surface area (Å²) < 4.78 is 18.5. The zero-order valence-electron chi connectivity index (χ0n) is 25.3. The molecule has 2 aliphatic rings. The van der Waals surface area contributed by atoms with E-state index in [9.17, 15) is 23.6 Å². The van der Waals surface area contributed by atoms with Crippen LogP contribution in [0.2, 0.25) is 0 Å². The predicted molar refractivity (Wildman–Crippen MR) is 170 cm³/mol. The molecule has 0 unspecified atom stereocenters. The molecule has 11 heteroatoms. The van der Waals surface area contributed by atoms with Crippen LogP contribution in [0.5, 0.6) is 0 Å². The highest BCUT2D eigenvalue weighted by Crippen LogP contribution is 2.34. The van der Waals surface area contributed by atoms with Gasteiger partial charge >= 0.3 is 5.69 Å². The van der Waals surface area contributed by atoms with Gasteiger partial charge in [-0.2, -0.15) is 0 Å². The van der Waals surface area contributed by atoms with Gasteiger partial charge in [-0.05, 0) is 88.5 Å². The molecule has 1 saturated carbocycles. The number of fused-ring (bicyclic) bond motifs is 1. The quantitative estimate of drug-likeness (QED) is 0.282. The highest BCUT2D eigenvalue weighted by Gasteiger charge is 2.31. The number of halogens is 1. The zero-order chi connectivity index (χ0) is 31.3. The van der Waals surface area contributed by atoms with Gasteiger partial charge in [-0.25, -0.2) is 9.18 Å². The molecule has 43 heavy (non-hydrogen) atoms. The second kappa shape index (κ2) is 13.6. The molecular formula is C32H39FN6O4. The van der Waals surface area contributed by atoms with E-state index in [-0.39, 0.29) is 34.0 Å². The monoisotopic (exact) mass is 590 g/mol. The summed E-state index contributed by atoms with van der Waals surface area (Å²) in [7, 11) is 1.49. The van der Waals surface area contributed by atoms with Crippen molar-refractivity contribution in [1.82, 2.24) is 19.0 Å². The number of hydrogen-bond donors (Lipinski definition) is 3. The van der Waals surface area contributed by atoms with Gasteiger partial charge in [0.05, 0.1) is 16.9 Å². The maximum Gasteiger partial charge on any atom is 0.336 e. The number of carbonyl (C=O) groups is 1. The van der Waals surface area contributed by atoms with Gasteiger partial charge < -0.3 is 16.0 Å². The van der Waals surface area contributed by atoms with Gasteiger partial charge in [0.15, 0.2) is 0 Å². The molecule has 1 aliphatic carbocycles. The smallest absolute Gasteiger partial charge is 0.336 e. The van der Waals surface area contributed by atoms with E-state index in [1.807, 2.05) is 13.8 Å². The average Bonchev–Trinajstić information content (AvgIpc) is 3.63. The van der Waals surface area contributed by atoms with Crippen molar-refractivity contribution in [3.63, 3.8) is 0 Å². The Morgan fingerprint density at radius 1 is 0.977 bits per heavy atom. The molecule has 0 radical (unpaired) electrons. The number of nitrogens with one attached hydrogen (secondary N) is 3. The third-order valence-corrected chi connectivity index (χ3v) is 7.42. The largest absolute Gasteiger partial charge is 0.338 e. The molecule has 3 heterocycles. The second-order valence-corrected chi connectivity index (χ2v) is 10.5. The fourth-order valence-corrected chi connectivity index (χ4v) is 5.13. The lowest BCUT2D eigenvalue weighted by molar-refractivity contribution is -0.105. The van der Waals surface area contributed by atoms with E-state index in [1.165, 1.54) is 58.8 Å².